The average molecular weight is 971 g/mol. The molecule has 1 aliphatic heterocycles. The lowest BCUT2D eigenvalue weighted by Crippen LogP contribution is -2.13. The van der Waals surface area contributed by atoms with Crippen LogP contribution in [0.5, 0.6) is 0 Å². The Hall–Kier alpha value is -9.54. The van der Waals surface area contributed by atoms with Crippen molar-refractivity contribution in [3.63, 3.8) is 0 Å². The molecule has 14 aromatic rings. The Bertz CT molecular complexity index is 4650. The standard InChI is InChI=1S/C72H46N2S/c1-3-19-47(20-4-1)48-35-37-50(38-36-48)73(52-40-43-68-66(46-52)59-29-12-10-26-56(59)61-30-15-17-33-67(61)74(68)49-21-5-2-6-22-49)51-39-41-60-63-42-44-70-72(64-32-16-18-34-69(64)75-70)71(63)62-31-14-13-27-57(62)54-24-8-7-23-53(54)55-25-9-11-28-58(55)65(60)45-51/h1-46H. The molecule has 0 spiro atoms. The van der Waals surface area contributed by atoms with Crippen molar-refractivity contribution in [3.05, 3.63) is 279 Å². The highest BCUT2D eigenvalue weighted by molar-refractivity contribution is 7.26. The van der Waals surface area contributed by atoms with Gasteiger partial charge in [0.15, 0.2) is 0 Å². The lowest BCUT2D eigenvalue weighted by Gasteiger charge is -2.30. The van der Waals surface area contributed by atoms with E-state index in [9.17, 15) is 0 Å². The van der Waals surface area contributed by atoms with Crippen LogP contribution >= 0.6 is 11.3 Å². The molecule has 0 N–H and O–H groups in total. The molecular formula is C72H46N2S. The van der Waals surface area contributed by atoms with E-state index in [0.717, 1.165) is 39.7 Å². The molecule has 0 bridgehead atoms. The summed E-state index contributed by atoms with van der Waals surface area (Å²) in [7, 11) is 0. The van der Waals surface area contributed by atoms with Crippen LogP contribution in [0, 0.1) is 0 Å². The van der Waals surface area contributed by atoms with Gasteiger partial charge in [-0.25, -0.2) is 0 Å². The van der Waals surface area contributed by atoms with Crippen molar-refractivity contribution in [2.75, 3.05) is 9.80 Å². The second kappa shape index (κ2) is 17.6. The fraction of sp³-hybridized carbons (Fsp3) is 0. The molecule has 15 rings (SSSR count). The predicted molar refractivity (Wildman–Crippen MR) is 324 cm³/mol. The van der Waals surface area contributed by atoms with Crippen molar-refractivity contribution in [2.24, 2.45) is 0 Å². The van der Waals surface area contributed by atoms with Gasteiger partial charge in [0.2, 0.25) is 0 Å². The highest BCUT2D eigenvalue weighted by Crippen LogP contribution is 2.53. The highest BCUT2D eigenvalue weighted by Gasteiger charge is 2.27. The number of hydrogen-bond acceptors (Lipinski definition) is 3. The van der Waals surface area contributed by atoms with Crippen LogP contribution in [-0.2, 0) is 0 Å². The molecular weight excluding hydrogens is 925 g/mol. The van der Waals surface area contributed by atoms with Gasteiger partial charge in [-0.05, 0) is 149 Å². The molecule has 0 radical (unpaired) electrons. The molecule has 0 unspecified atom stereocenters. The summed E-state index contributed by atoms with van der Waals surface area (Å²) in [5.41, 5.74) is 13.7. The van der Waals surface area contributed by atoms with Crippen LogP contribution in [0.1, 0.15) is 0 Å². The molecule has 0 saturated heterocycles. The predicted octanol–water partition coefficient (Wildman–Crippen LogP) is 21.2. The van der Waals surface area contributed by atoms with E-state index in [2.05, 4.69) is 289 Å². The van der Waals surface area contributed by atoms with Gasteiger partial charge in [-0.15, -0.1) is 11.3 Å². The number of nitrogens with zero attached hydrogens (tertiary/aromatic N) is 2. The van der Waals surface area contributed by atoms with Crippen LogP contribution in [0.25, 0.3) is 107 Å². The number of rotatable bonds is 5. The van der Waals surface area contributed by atoms with Crippen LogP contribution in [0.15, 0.2) is 279 Å². The Morgan fingerprint density at radius 1 is 0.253 bits per heavy atom. The molecule has 0 saturated carbocycles. The number of hydrogen-bond donors (Lipinski definition) is 0. The van der Waals surface area contributed by atoms with Gasteiger partial charge in [-0.2, -0.15) is 0 Å². The third-order valence-electron chi connectivity index (χ3n) is 15.4. The summed E-state index contributed by atoms with van der Waals surface area (Å²) < 4.78 is 2.59. The van der Waals surface area contributed by atoms with Crippen LogP contribution in [0.4, 0.5) is 34.1 Å². The molecule has 0 amide bonds. The van der Waals surface area contributed by atoms with Crippen molar-refractivity contribution >= 4 is 119 Å². The molecule has 1 aromatic heterocycles. The Labute approximate surface area is 439 Å². The lowest BCUT2D eigenvalue weighted by molar-refractivity contribution is 1.27. The van der Waals surface area contributed by atoms with Crippen molar-refractivity contribution in [2.45, 2.75) is 0 Å². The first-order valence-corrected chi connectivity index (χ1v) is 26.6. The monoisotopic (exact) mass is 970 g/mol. The van der Waals surface area contributed by atoms with E-state index in [1.165, 1.54) is 102 Å². The van der Waals surface area contributed by atoms with Gasteiger partial charge in [-0.3, -0.25) is 0 Å². The van der Waals surface area contributed by atoms with E-state index < -0.39 is 0 Å². The van der Waals surface area contributed by atoms with Gasteiger partial charge in [-0.1, -0.05) is 206 Å². The first-order chi connectivity index (χ1) is 37.2. The van der Waals surface area contributed by atoms with Crippen LogP contribution < -0.4 is 9.80 Å². The van der Waals surface area contributed by atoms with E-state index in [4.69, 9.17) is 0 Å². The minimum absolute atomic E-state index is 1.06. The molecule has 3 heteroatoms. The third-order valence-corrected chi connectivity index (χ3v) is 16.5. The van der Waals surface area contributed by atoms with Gasteiger partial charge in [0.1, 0.15) is 0 Å². The maximum atomic E-state index is 2.46. The molecule has 2 nitrogen and oxygen atoms in total. The maximum absolute atomic E-state index is 2.46. The van der Waals surface area contributed by atoms with Gasteiger partial charge < -0.3 is 9.80 Å². The third kappa shape index (κ3) is 7.01. The van der Waals surface area contributed by atoms with Crippen molar-refractivity contribution < 1.29 is 0 Å². The minimum atomic E-state index is 1.06. The maximum Gasteiger partial charge on any atom is 0.0542 e. The summed E-state index contributed by atoms with van der Waals surface area (Å²) in [6.07, 6.45) is 0. The zero-order valence-electron chi connectivity index (χ0n) is 40.9. The fourth-order valence-corrected chi connectivity index (χ4v) is 13.2. The van der Waals surface area contributed by atoms with E-state index in [-0.39, 0.29) is 0 Å². The first-order valence-electron chi connectivity index (χ1n) is 25.7. The quantitative estimate of drug-likeness (QED) is 0.170. The molecule has 13 aromatic carbocycles. The highest BCUT2D eigenvalue weighted by atomic mass is 32.1. The second-order valence-corrected chi connectivity index (χ2v) is 20.6. The molecule has 0 aliphatic carbocycles. The van der Waals surface area contributed by atoms with Crippen LogP contribution in [0.3, 0.4) is 0 Å². The summed E-state index contributed by atoms with van der Waals surface area (Å²) >= 11 is 1.88. The Balaban J connectivity index is 1.06. The lowest BCUT2D eigenvalue weighted by atomic mass is 9.92. The van der Waals surface area contributed by atoms with Crippen molar-refractivity contribution in [3.8, 4) is 33.4 Å². The summed E-state index contributed by atoms with van der Waals surface area (Å²) in [4.78, 5) is 4.90. The van der Waals surface area contributed by atoms with Crippen molar-refractivity contribution in [1.82, 2.24) is 0 Å². The number of fused-ring (bicyclic) bond motifs is 19. The van der Waals surface area contributed by atoms with E-state index >= 15 is 0 Å². The van der Waals surface area contributed by atoms with E-state index in [1.54, 1.807) is 0 Å². The minimum Gasteiger partial charge on any atom is -0.310 e. The number of benzene rings is 12. The zero-order chi connectivity index (χ0) is 49.4. The largest absolute Gasteiger partial charge is 0.310 e. The Morgan fingerprint density at radius 2 is 0.707 bits per heavy atom. The normalized spacial score (nSPS) is 12.0. The topological polar surface area (TPSA) is 6.48 Å². The smallest absolute Gasteiger partial charge is 0.0542 e. The number of thiophene rings is 1. The van der Waals surface area contributed by atoms with Gasteiger partial charge in [0.25, 0.3) is 0 Å². The van der Waals surface area contributed by atoms with Crippen LogP contribution in [0.2, 0.25) is 0 Å². The molecule has 1 aliphatic rings. The average Bonchev–Trinajstić information content (AvgIpc) is 3.86. The molecule has 75 heavy (non-hydrogen) atoms. The summed E-state index contributed by atoms with van der Waals surface area (Å²) in [5, 5.41) is 14.7. The molecule has 0 atom stereocenters. The van der Waals surface area contributed by atoms with Gasteiger partial charge in [0, 0.05) is 54.0 Å². The molecule has 350 valence electrons. The zero-order valence-corrected chi connectivity index (χ0v) is 41.7. The number of anilines is 6. The summed E-state index contributed by atoms with van der Waals surface area (Å²) in [6, 6.07) is 103. The van der Waals surface area contributed by atoms with Crippen molar-refractivity contribution in [1.29, 1.82) is 0 Å². The SMILES string of the molecule is c1ccc(-c2ccc(N(c3ccc4c(c3)-c3ccccc3-c3ccccc3N4c3ccccc3)c3ccc4c(c3)c3ccccc3c3ccccc3c3ccccc3c3c4ccc4sc5ccccc5c43)cc2)cc1. The Kier molecular flexibility index (Phi) is 10.1. The van der Waals surface area contributed by atoms with Gasteiger partial charge in [0.05, 0.1) is 11.4 Å². The molecule has 2 heterocycles. The second-order valence-electron chi connectivity index (χ2n) is 19.5. The van der Waals surface area contributed by atoms with E-state index in [1.807, 2.05) is 11.3 Å². The van der Waals surface area contributed by atoms with Gasteiger partial charge >= 0.3 is 0 Å². The van der Waals surface area contributed by atoms with E-state index in [0.29, 0.717) is 0 Å². The summed E-state index contributed by atoms with van der Waals surface area (Å²) in [5.74, 6) is 0. The molecule has 0 fully saturated rings. The van der Waals surface area contributed by atoms with Crippen LogP contribution in [-0.4, -0.2) is 0 Å². The first kappa shape index (κ1) is 43.1. The summed E-state index contributed by atoms with van der Waals surface area (Å²) in [6.45, 7) is 0. The fourth-order valence-electron chi connectivity index (χ4n) is 12.1. The Morgan fingerprint density at radius 3 is 1.41 bits per heavy atom. The number of para-hydroxylation sites is 2.